The molecule has 0 spiro atoms. The molecular weight excluding hydrogens is 296 g/mol. The molecule has 0 saturated carbocycles. The molecule has 0 aliphatic rings. The molecule has 0 bridgehead atoms. The predicted octanol–water partition coefficient (Wildman–Crippen LogP) is 6.04. The lowest BCUT2D eigenvalue weighted by molar-refractivity contribution is 0.917. The minimum atomic E-state index is -0.0384. The molecule has 3 aromatic rings. The normalized spacial score (nSPS) is 10.9. The fraction of sp³-hybridized carbons (Fsp3) is 0.182. The van der Waals surface area contributed by atoms with Crippen molar-refractivity contribution in [3.8, 4) is 0 Å². The Morgan fingerprint density at radius 1 is 0.739 bits per heavy atom. The van der Waals surface area contributed by atoms with Gasteiger partial charge in [0.05, 0.1) is 10.9 Å². The van der Waals surface area contributed by atoms with Crippen molar-refractivity contribution in [2.24, 2.45) is 0 Å². The SMILES string of the molecule is CCCc1ccc([S+](c2ccccc2)c2ccccc2)c(C)c1. The highest BCUT2D eigenvalue weighted by atomic mass is 32.2. The summed E-state index contributed by atoms with van der Waals surface area (Å²) in [5, 5.41) is 0. The number of hydrogen-bond acceptors (Lipinski definition) is 0. The van der Waals surface area contributed by atoms with E-state index in [1.54, 1.807) is 0 Å². The van der Waals surface area contributed by atoms with E-state index in [9.17, 15) is 0 Å². The Kier molecular flexibility index (Phi) is 5.19. The average Bonchev–Trinajstić information content (AvgIpc) is 2.59. The zero-order chi connectivity index (χ0) is 16.1. The summed E-state index contributed by atoms with van der Waals surface area (Å²) in [6.07, 6.45) is 2.35. The maximum absolute atomic E-state index is 2.37. The van der Waals surface area contributed by atoms with E-state index in [0.29, 0.717) is 0 Å². The van der Waals surface area contributed by atoms with Gasteiger partial charge in [-0.1, -0.05) is 61.9 Å². The predicted molar refractivity (Wildman–Crippen MR) is 100 cm³/mol. The first-order valence-corrected chi connectivity index (χ1v) is 9.46. The van der Waals surface area contributed by atoms with Gasteiger partial charge in [0.2, 0.25) is 0 Å². The third-order valence-corrected chi connectivity index (χ3v) is 6.34. The molecule has 0 N–H and O–H groups in total. The largest absolute Gasteiger partial charge is 0.169 e. The van der Waals surface area contributed by atoms with Gasteiger partial charge in [-0.15, -0.1) is 0 Å². The highest BCUT2D eigenvalue weighted by Crippen LogP contribution is 2.33. The number of benzene rings is 3. The molecule has 3 aromatic carbocycles. The molecule has 116 valence electrons. The van der Waals surface area contributed by atoms with Gasteiger partial charge in [0.15, 0.2) is 14.7 Å². The zero-order valence-electron chi connectivity index (χ0n) is 13.8. The van der Waals surface area contributed by atoms with Crippen molar-refractivity contribution in [2.45, 2.75) is 41.4 Å². The van der Waals surface area contributed by atoms with E-state index in [2.05, 4.69) is 92.7 Å². The lowest BCUT2D eigenvalue weighted by atomic mass is 10.1. The fourth-order valence-electron chi connectivity index (χ4n) is 2.89. The first-order valence-electron chi connectivity index (χ1n) is 8.23. The monoisotopic (exact) mass is 319 g/mol. The van der Waals surface area contributed by atoms with E-state index in [1.165, 1.54) is 32.2 Å². The van der Waals surface area contributed by atoms with Gasteiger partial charge >= 0.3 is 0 Å². The Hall–Kier alpha value is -1.99. The molecule has 0 heterocycles. The highest BCUT2D eigenvalue weighted by molar-refractivity contribution is 7.97. The first-order chi connectivity index (χ1) is 11.3. The second kappa shape index (κ2) is 7.52. The summed E-state index contributed by atoms with van der Waals surface area (Å²) in [4.78, 5) is 4.19. The average molecular weight is 319 g/mol. The van der Waals surface area contributed by atoms with Gasteiger partial charge < -0.3 is 0 Å². The van der Waals surface area contributed by atoms with Gasteiger partial charge in [-0.05, 0) is 49.2 Å². The molecule has 0 fully saturated rings. The summed E-state index contributed by atoms with van der Waals surface area (Å²) < 4.78 is 0. The van der Waals surface area contributed by atoms with Gasteiger partial charge in [-0.2, -0.15) is 0 Å². The van der Waals surface area contributed by atoms with Crippen LogP contribution >= 0.6 is 0 Å². The Morgan fingerprint density at radius 3 is 1.78 bits per heavy atom. The second-order valence-electron chi connectivity index (χ2n) is 5.78. The summed E-state index contributed by atoms with van der Waals surface area (Å²) in [5.41, 5.74) is 2.84. The fourth-order valence-corrected chi connectivity index (χ4v) is 5.11. The summed E-state index contributed by atoms with van der Waals surface area (Å²) in [6, 6.07) is 28.7. The molecule has 0 amide bonds. The van der Waals surface area contributed by atoms with Gasteiger partial charge in [-0.3, -0.25) is 0 Å². The van der Waals surface area contributed by atoms with Gasteiger partial charge in [0.25, 0.3) is 0 Å². The van der Waals surface area contributed by atoms with Gasteiger partial charge in [0.1, 0.15) is 0 Å². The molecule has 0 atom stereocenters. The molecule has 23 heavy (non-hydrogen) atoms. The maximum atomic E-state index is 2.37. The quantitative estimate of drug-likeness (QED) is 0.503. The smallest absolute Gasteiger partial charge is 0.0651 e. The number of aryl methyl sites for hydroxylation is 2. The van der Waals surface area contributed by atoms with Crippen molar-refractivity contribution < 1.29 is 0 Å². The summed E-state index contributed by atoms with van der Waals surface area (Å²) >= 11 is 0. The maximum Gasteiger partial charge on any atom is 0.169 e. The third kappa shape index (κ3) is 3.68. The van der Waals surface area contributed by atoms with Crippen molar-refractivity contribution in [2.75, 3.05) is 0 Å². The molecule has 0 saturated heterocycles. The van der Waals surface area contributed by atoms with Crippen LogP contribution < -0.4 is 0 Å². The standard InChI is InChI=1S/C22H23S/c1-3-10-19-15-16-22(18(2)17-19)23(20-11-6-4-7-12-20)21-13-8-5-9-14-21/h4-9,11-17H,3,10H2,1-2H3/q+1. The van der Waals surface area contributed by atoms with Crippen LogP contribution in [0.5, 0.6) is 0 Å². The van der Waals surface area contributed by atoms with Gasteiger partial charge in [0, 0.05) is 5.56 Å². The Bertz CT molecular complexity index is 708. The summed E-state index contributed by atoms with van der Waals surface area (Å²) in [6.45, 7) is 4.49. The second-order valence-corrected chi connectivity index (χ2v) is 7.78. The van der Waals surface area contributed by atoms with Crippen LogP contribution in [0.2, 0.25) is 0 Å². The topological polar surface area (TPSA) is 0 Å². The van der Waals surface area contributed by atoms with Crippen LogP contribution in [0.3, 0.4) is 0 Å². The van der Waals surface area contributed by atoms with Crippen LogP contribution in [0.25, 0.3) is 0 Å². The Labute approximate surface area is 142 Å². The highest BCUT2D eigenvalue weighted by Gasteiger charge is 2.29. The van der Waals surface area contributed by atoms with E-state index in [4.69, 9.17) is 0 Å². The lowest BCUT2D eigenvalue weighted by Gasteiger charge is -2.11. The Morgan fingerprint density at radius 2 is 1.30 bits per heavy atom. The molecular formula is C22H23S+. The zero-order valence-corrected chi connectivity index (χ0v) is 14.6. The summed E-state index contributed by atoms with van der Waals surface area (Å²) in [7, 11) is -0.0384. The van der Waals surface area contributed by atoms with E-state index >= 15 is 0 Å². The molecule has 3 rings (SSSR count). The van der Waals surface area contributed by atoms with Crippen LogP contribution in [0.1, 0.15) is 24.5 Å². The van der Waals surface area contributed by atoms with Gasteiger partial charge in [-0.25, -0.2) is 0 Å². The lowest BCUT2D eigenvalue weighted by Crippen LogP contribution is -2.06. The third-order valence-electron chi connectivity index (χ3n) is 3.96. The van der Waals surface area contributed by atoms with Crippen molar-refractivity contribution in [1.29, 1.82) is 0 Å². The van der Waals surface area contributed by atoms with Crippen molar-refractivity contribution >= 4 is 10.9 Å². The summed E-state index contributed by atoms with van der Waals surface area (Å²) in [5.74, 6) is 0. The minimum Gasteiger partial charge on any atom is -0.0651 e. The first kappa shape index (κ1) is 15.9. The molecule has 0 aliphatic carbocycles. The van der Waals surface area contributed by atoms with Crippen molar-refractivity contribution in [1.82, 2.24) is 0 Å². The van der Waals surface area contributed by atoms with E-state index in [0.717, 1.165) is 6.42 Å². The minimum absolute atomic E-state index is 0.0384. The van der Waals surface area contributed by atoms with E-state index in [-0.39, 0.29) is 10.9 Å². The van der Waals surface area contributed by atoms with Crippen LogP contribution in [-0.2, 0) is 17.3 Å². The van der Waals surface area contributed by atoms with E-state index < -0.39 is 0 Å². The molecule has 1 heteroatoms. The molecule has 0 unspecified atom stereocenters. The van der Waals surface area contributed by atoms with Crippen LogP contribution in [0.15, 0.2) is 93.5 Å². The van der Waals surface area contributed by atoms with E-state index in [1.807, 2.05) is 0 Å². The van der Waals surface area contributed by atoms with Crippen LogP contribution in [0.4, 0.5) is 0 Å². The molecule has 0 radical (unpaired) electrons. The van der Waals surface area contributed by atoms with Crippen molar-refractivity contribution in [3.05, 3.63) is 90.0 Å². The number of rotatable bonds is 5. The Balaban J connectivity index is 2.09. The van der Waals surface area contributed by atoms with Crippen molar-refractivity contribution in [3.63, 3.8) is 0 Å². The van der Waals surface area contributed by atoms with Crippen LogP contribution in [-0.4, -0.2) is 0 Å². The molecule has 0 aromatic heterocycles. The molecule has 0 aliphatic heterocycles. The molecule has 0 nitrogen and oxygen atoms in total. The van der Waals surface area contributed by atoms with Crippen LogP contribution in [0, 0.1) is 6.92 Å². The number of hydrogen-bond donors (Lipinski definition) is 0.